The van der Waals surface area contributed by atoms with E-state index in [1.165, 1.54) is 0 Å². The Kier molecular flexibility index (Phi) is 4.55. The van der Waals surface area contributed by atoms with Crippen LogP contribution in [0.3, 0.4) is 0 Å². The molecule has 3 N–H and O–H groups in total. The van der Waals surface area contributed by atoms with Crippen LogP contribution in [0.2, 0.25) is 0 Å². The quantitative estimate of drug-likeness (QED) is 0.644. The number of hydrazine groups is 1. The third-order valence-corrected chi connectivity index (χ3v) is 3.21. The van der Waals surface area contributed by atoms with Crippen molar-refractivity contribution in [2.75, 3.05) is 14.2 Å². The molecule has 0 aliphatic rings. The SMILES string of the molecule is COc1cnccc1C(NN)c1cc(C)ccc1OC. The number of benzene rings is 1. The van der Waals surface area contributed by atoms with Gasteiger partial charge >= 0.3 is 0 Å². The highest BCUT2D eigenvalue weighted by molar-refractivity contribution is 5.46. The molecule has 0 amide bonds. The molecule has 0 aliphatic heterocycles. The standard InChI is InChI=1S/C15H19N3O2/c1-10-4-5-13(19-2)12(8-10)15(18-16)11-6-7-17-9-14(11)20-3/h4-9,15,18H,16H2,1-3H3. The number of pyridine rings is 1. The Morgan fingerprint density at radius 3 is 2.50 bits per heavy atom. The molecule has 0 spiro atoms. The Hall–Kier alpha value is -2.11. The summed E-state index contributed by atoms with van der Waals surface area (Å²) in [6, 6.07) is 7.62. The van der Waals surface area contributed by atoms with Crippen LogP contribution < -0.4 is 20.7 Å². The highest BCUT2D eigenvalue weighted by atomic mass is 16.5. The maximum atomic E-state index is 5.75. The molecule has 0 saturated heterocycles. The molecular formula is C15H19N3O2. The Morgan fingerprint density at radius 2 is 1.85 bits per heavy atom. The number of hydrogen-bond donors (Lipinski definition) is 2. The van der Waals surface area contributed by atoms with Crippen LogP contribution in [0, 0.1) is 6.92 Å². The van der Waals surface area contributed by atoms with Gasteiger partial charge in [0.25, 0.3) is 0 Å². The number of methoxy groups -OCH3 is 2. The van der Waals surface area contributed by atoms with Crippen LogP contribution in [0.25, 0.3) is 0 Å². The summed E-state index contributed by atoms with van der Waals surface area (Å²) in [6.07, 6.45) is 3.38. The molecule has 1 aromatic heterocycles. The van der Waals surface area contributed by atoms with Gasteiger partial charge < -0.3 is 9.47 Å². The van der Waals surface area contributed by atoms with Crippen molar-refractivity contribution >= 4 is 0 Å². The first kappa shape index (κ1) is 14.3. The lowest BCUT2D eigenvalue weighted by molar-refractivity contribution is 0.393. The molecule has 0 radical (unpaired) electrons. The van der Waals surface area contributed by atoms with Crippen molar-refractivity contribution in [2.45, 2.75) is 13.0 Å². The van der Waals surface area contributed by atoms with Crippen LogP contribution >= 0.6 is 0 Å². The molecule has 0 saturated carbocycles. The van der Waals surface area contributed by atoms with Gasteiger partial charge in [-0.25, -0.2) is 5.43 Å². The predicted molar refractivity (Wildman–Crippen MR) is 77.7 cm³/mol. The maximum absolute atomic E-state index is 5.75. The molecule has 5 heteroatoms. The lowest BCUT2D eigenvalue weighted by atomic mass is 9.97. The van der Waals surface area contributed by atoms with E-state index in [-0.39, 0.29) is 6.04 Å². The van der Waals surface area contributed by atoms with Gasteiger partial charge in [0, 0.05) is 17.3 Å². The van der Waals surface area contributed by atoms with Gasteiger partial charge in [0.05, 0.1) is 26.5 Å². The molecule has 0 bridgehead atoms. The van der Waals surface area contributed by atoms with E-state index in [1.54, 1.807) is 26.6 Å². The Labute approximate surface area is 118 Å². The van der Waals surface area contributed by atoms with E-state index in [4.69, 9.17) is 15.3 Å². The number of aryl methyl sites for hydroxylation is 1. The summed E-state index contributed by atoms with van der Waals surface area (Å²) < 4.78 is 10.8. The van der Waals surface area contributed by atoms with Gasteiger partial charge in [-0.05, 0) is 19.1 Å². The minimum absolute atomic E-state index is 0.234. The second-order valence-electron chi connectivity index (χ2n) is 4.46. The summed E-state index contributed by atoms with van der Waals surface area (Å²) >= 11 is 0. The summed E-state index contributed by atoms with van der Waals surface area (Å²) in [5.74, 6) is 7.21. The molecule has 1 heterocycles. The van der Waals surface area contributed by atoms with Gasteiger partial charge in [0.1, 0.15) is 11.5 Å². The lowest BCUT2D eigenvalue weighted by Crippen LogP contribution is -2.29. The van der Waals surface area contributed by atoms with Crippen LogP contribution in [0.5, 0.6) is 11.5 Å². The fourth-order valence-corrected chi connectivity index (χ4v) is 2.23. The molecule has 1 atom stereocenters. The van der Waals surface area contributed by atoms with E-state index in [0.29, 0.717) is 5.75 Å². The van der Waals surface area contributed by atoms with Gasteiger partial charge in [-0.15, -0.1) is 0 Å². The molecular weight excluding hydrogens is 254 g/mol. The number of rotatable bonds is 5. The molecule has 20 heavy (non-hydrogen) atoms. The zero-order chi connectivity index (χ0) is 14.5. The maximum Gasteiger partial charge on any atom is 0.142 e. The van der Waals surface area contributed by atoms with Gasteiger partial charge in [-0.1, -0.05) is 17.7 Å². The fourth-order valence-electron chi connectivity index (χ4n) is 2.23. The number of hydrogen-bond acceptors (Lipinski definition) is 5. The molecule has 0 fully saturated rings. The third-order valence-electron chi connectivity index (χ3n) is 3.21. The highest BCUT2D eigenvalue weighted by Gasteiger charge is 2.20. The molecule has 5 nitrogen and oxygen atoms in total. The zero-order valence-corrected chi connectivity index (χ0v) is 11.9. The summed E-state index contributed by atoms with van der Waals surface area (Å²) in [4.78, 5) is 4.06. The summed E-state index contributed by atoms with van der Waals surface area (Å²) in [7, 11) is 3.26. The van der Waals surface area contributed by atoms with Crippen LogP contribution in [0.1, 0.15) is 22.7 Å². The zero-order valence-electron chi connectivity index (χ0n) is 11.9. The van der Waals surface area contributed by atoms with E-state index in [0.717, 1.165) is 22.4 Å². The number of nitrogens with zero attached hydrogens (tertiary/aromatic N) is 1. The average Bonchev–Trinajstić information content (AvgIpc) is 2.49. The van der Waals surface area contributed by atoms with E-state index in [9.17, 15) is 0 Å². The van der Waals surface area contributed by atoms with Crippen molar-refractivity contribution in [3.05, 3.63) is 53.3 Å². The van der Waals surface area contributed by atoms with Gasteiger partial charge in [0.15, 0.2) is 0 Å². The monoisotopic (exact) mass is 273 g/mol. The van der Waals surface area contributed by atoms with Gasteiger partial charge in [0.2, 0.25) is 0 Å². The average molecular weight is 273 g/mol. The Balaban J connectivity index is 2.55. The molecule has 0 aliphatic carbocycles. The van der Waals surface area contributed by atoms with E-state index >= 15 is 0 Å². The first-order valence-electron chi connectivity index (χ1n) is 6.29. The summed E-state index contributed by atoms with van der Waals surface area (Å²) in [5, 5.41) is 0. The normalized spacial score (nSPS) is 12.0. The highest BCUT2D eigenvalue weighted by Crippen LogP contribution is 2.34. The van der Waals surface area contributed by atoms with Crippen LogP contribution in [0.4, 0.5) is 0 Å². The van der Waals surface area contributed by atoms with Gasteiger partial charge in [-0.3, -0.25) is 10.8 Å². The first-order valence-corrected chi connectivity index (χ1v) is 6.29. The van der Waals surface area contributed by atoms with Crippen molar-refractivity contribution in [3.8, 4) is 11.5 Å². The van der Waals surface area contributed by atoms with E-state index < -0.39 is 0 Å². The number of ether oxygens (including phenoxy) is 2. The van der Waals surface area contributed by atoms with E-state index in [2.05, 4.69) is 10.4 Å². The van der Waals surface area contributed by atoms with Crippen LogP contribution in [0.15, 0.2) is 36.7 Å². The largest absolute Gasteiger partial charge is 0.496 e. The van der Waals surface area contributed by atoms with Crippen LogP contribution in [-0.2, 0) is 0 Å². The molecule has 1 aromatic carbocycles. The van der Waals surface area contributed by atoms with Crippen molar-refractivity contribution < 1.29 is 9.47 Å². The second-order valence-corrected chi connectivity index (χ2v) is 4.46. The van der Waals surface area contributed by atoms with Crippen LogP contribution in [-0.4, -0.2) is 19.2 Å². The lowest BCUT2D eigenvalue weighted by Gasteiger charge is -2.21. The van der Waals surface area contributed by atoms with Gasteiger partial charge in [-0.2, -0.15) is 0 Å². The third kappa shape index (κ3) is 2.74. The van der Waals surface area contributed by atoms with Crippen molar-refractivity contribution in [3.63, 3.8) is 0 Å². The van der Waals surface area contributed by atoms with Crippen molar-refractivity contribution in [1.82, 2.24) is 10.4 Å². The minimum atomic E-state index is -0.234. The number of aromatic nitrogens is 1. The first-order chi connectivity index (χ1) is 9.71. The molecule has 1 unspecified atom stereocenters. The topological polar surface area (TPSA) is 69.4 Å². The second kappa shape index (κ2) is 6.36. The summed E-state index contributed by atoms with van der Waals surface area (Å²) in [6.45, 7) is 2.03. The van der Waals surface area contributed by atoms with Crippen molar-refractivity contribution in [2.24, 2.45) is 5.84 Å². The minimum Gasteiger partial charge on any atom is -0.496 e. The molecule has 2 aromatic rings. The number of nitrogens with one attached hydrogen (secondary N) is 1. The Morgan fingerprint density at radius 1 is 1.10 bits per heavy atom. The van der Waals surface area contributed by atoms with Crippen molar-refractivity contribution in [1.29, 1.82) is 0 Å². The number of nitrogens with two attached hydrogens (primary N) is 1. The Bertz CT molecular complexity index is 587. The molecule has 106 valence electrons. The predicted octanol–water partition coefficient (Wildman–Crippen LogP) is 1.96. The van der Waals surface area contributed by atoms with E-state index in [1.807, 2.05) is 31.2 Å². The molecule has 2 rings (SSSR count). The fraction of sp³-hybridized carbons (Fsp3) is 0.267. The summed E-state index contributed by atoms with van der Waals surface area (Å²) in [5.41, 5.74) is 5.83. The smallest absolute Gasteiger partial charge is 0.142 e.